The van der Waals surface area contributed by atoms with Gasteiger partial charge in [-0.15, -0.1) is 13.2 Å². The van der Waals surface area contributed by atoms with Gasteiger partial charge in [-0.25, -0.2) is 0 Å². The van der Waals surface area contributed by atoms with Crippen molar-refractivity contribution in [2.24, 2.45) is 5.92 Å². The number of alkyl halides is 3. The van der Waals surface area contributed by atoms with Crippen molar-refractivity contribution in [3.05, 3.63) is 102 Å². The lowest BCUT2D eigenvalue weighted by molar-refractivity contribution is -0.274. The van der Waals surface area contributed by atoms with Gasteiger partial charge in [0.25, 0.3) is 0 Å². The number of para-hydroxylation sites is 1. The first-order valence-electron chi connectivity index (χ1n) is 11.5. The van der Waals surface area contributed by atoms with Crippen molar-refractivity contribution in [1.82, 2.24) is 10.6 Å². The molecule has 1 saturated heterocycles. The van der Waals surface area contributed by atoms with E-state index in [0.717, 1.165) is 11.1 Å². The molecule has 0 saturated carbocycles. The van der Waals surface area contributed by atoms with Gasteiger partial charge in [-0.1, -0.05) is 78.9 Å². The molecule has 180 valence electrons. The Morgan fingerprint density at radius 2 is 1.50 bits per heavy atom. The average Bonchev–Trinajstić information content (AvgIpc) is 3.21. The van der Waals surface area contributed by atoms with Crippen LogP contribution < -0.4 is 15.4 Å². The molecule has 0 bridgehead atoms. The largest absolute Gasteiger partial charge is 0.573 e. The quantitative estimate of drug-likeness (QED) is 0.419. The standard InChI is InChI=1S/C27H29F3N2O2/c28-27(29,30)34-23-14-8-7-13-21(23)17-31-25-22(15-16-33)18-32-26(25)24(19-9-3-1-4-10-19)20-11-5-2-6-12-20/h1-14,22,24-26,31-33H,15-18H2. The molecule has 0 spiro atoms. The molecule has 3 aromatic rings. The lowest BCUT2D eigenvalue weighted by Crippen LogP contribution is -2.46. The lowest BCUT2D eigenvalue weighted by atomic mass is 9.80. The van der Waals surface area contributed by atoms with Crippen LogP contribution in [0.3, 0.4) is 0 Å². The van der Waals surface area contributed by atoms with Gasteiger partial charge in [-0.3, -0.25) is 0 Å². The number of hydrogen-bond acceptors (Lipinski definition) is 4. The summed E-state index contributed by atoms with van der Waals surface area (Å²) in [5, 5.41) is 16.8. The normalized spacial score (nSPS) is 20.6. The molecule has 0 amide bonds. The Bertz CT molecular complexity index is 991. The summed E-state index contributed by atoms with van der Waals surface area (Å²) >= 11 is 0. The highest BCUT2D eigenvalue weighted by atomic mass is 19.4. The van der Waals surface area contributed by atoms with E-state index >= 15 is 0 Å². The van der Waals surface area contributed by atoms with Gasteiger partial charge >= 0.3 is 6.36 Å². The van der Waals surface area contributed by atoms with E-state index in [9.17, 15) is 18.3 Å². The molecule has 0 aromatic heterocycles. The van der Waals surface area contributed by atoms with Crippen LogP contribution in [0.5, 0.6) is 5.75 Å². The van der Waals surface area contributed by atoms with Crippen LogP contribution in [-0.4, -0.2) is 36.7 Å². The summed E-state index contributed by atoms with van der Waals surface area (Å²) in [6.45, 7) is 0.972. The summed E-state index contributed by atoms with van der Waals surface area (Å²) in [5.41, 5.74) is 2.75. The van der Waals surface area contributed by atoms with Crippen molar-refractivity contribution in [2.75, 3.05) is 13.2 Å². The van der Waals surface area contributed by atoms with Crippen LogP contribution in [-0.2, 0) is 6.54 Å². The van der Waals surface area contributed by atoms with E-state index in [1.54, 1.807) is 12.1 Å². The smallest absolute Gasteiger partial charge is 0.405 e. The Morgan fingerprint density at radius 1 is 0.912 bits per heavy atom. The Kier molecular flexibility index (Phi) is 7.88. The molecule has 1 aliphatic heterocycles. The predicted molar refractivity (Wildman–Crippen MR) is 125 cm³/mol. The van der Waals surface area contributed by atoms with E-state index in [1.165, 1.54) is 12.1 Å². The van der Waals surface area contributed by atoms with Gasteiger partial charge in [0.05, 0.1) is 0 Å². The fraction of sp³-hybridized carbons (Fsp3) is 0.333. The fourth-order valence-corrected chi connectivity index (χ4v) is 4.93. The number of nitrogens with one attached hydrogen (secondary N) is 2. The van der Waals surface area contributed by atoms with E-state index in [4.69, 9.17) is 0 Å². The number of ether oxygens (including phenoxy) is 1. The summed E-state index contributed by atoms with van der Waals surface area (Å²) in [7, 11) is 0. The number of aliphatic hydroxyl groups is 1. The minimum absolute atomic E-state index is 0.0166. The van der Waals surface area contributed by atoms with E-state index in [1.807, 2.05) is 36.4 Å². The van der Waals surface area contributed by atoms with Crippen LogP contribution in [0, 0.1) is 5.92 Å². The summed E-state index contributed by atoms with van der Waals surface area (Å²) < 4.78 is 42.9. The molecule has 3 aromatic carbocycles. The molecule has 7 heteroatoms. The fourth-order valence-electron chi connectivity index (χ4n) is 4.93. The maximum Gasteiger partial charge on any atom is 0.573 e. The number of rotatable bonds is 9. The molecular formula is C27H29F3N2O2. The van der Waals surface area contributed by atoms with Gasteiger partial charge in [-0.2, -0.15) is 0 Å². The zero-order valence-corrected chi connectivity index (χ0v) is 18.7. The summed E-state index contributed by atoms with van der Waals surface area (Å²) in [4.78, 5) is 0. The van der Waals surface area contributed by atoms with Crippen molar-refractivity contribution in [1.29, 1.82) is 0 Å². The molecule has 3 atom stereocenters. The maximum absolute atomic E-state index is 12.9. The molecule has 34 heavy (non-hydrogen) atoms. The van der Waals surface area contributed by atoms with Crippen molar-refractivity contribution in [3.8, 4) is 5.75 Å². The van der Waals surface area contributed by atoms with E-state index < -0.39 is 6.36 Å². The van der Waals surface area contributed by atoms with Gasteiger partial charge in [0.15, 0.2) is 0 Å². The second-order valence-corrected chi connectivity index (χ2v) is 8.57. The van der Waals surface area contributed by atoms with E-state index in [0.29, 0.717) is 18.5 Å². The highest BCUT2D eigenvalue weighted by molar-refractivity contribution is 5.37. The Morgan fingerprint density at radius 3 is 2.09 bits per heavy atom. The van der Waals surface area contributed by atoms with Gasteiger partial charge in [0.1, 0.15) is 5.75 Å². The first kappa shape index (κ1) is 24.3. The monoisotopic (exact) mass is 470 g/mol. The Balaban J connectivity index is 1.63. The lowest BCUT2D eigenvalue weighted by Gasteiger charge is -2.32. The Labute approximate surface area is 197 Å². The second kappa shape index (κ2) is 11.0. The molecule has 0 aliphatic carbocycles. The zero-order chi connectivity index (χ0) is 24.0. The molecular weight excluding hydrogens is 441 g/mol. The summed E-state index contributed by atoms with van der Waals surface area (Å²) in [6, 6.07) is 26.5. The van der Waals surface area contributed by atoms with Crippen LogP contribution in [0.25, 0.3) is 0 Å². The molecule has 1 heterocycles. The topological polar surface area (TPSA) is 53.5 Å². The van der Waals surface area contributed by atoms with E-state index in [2.05, 4.69) is 39.6 Å². The number of benzene rings is 3. The third kappa shape index (κ3) is 5.97. The SMILES string of the molecule is OCCC1CNC(C(c2ccccc2)c2ccccc2)C1NCc1ccccc1OC(F)(F)F. The highest BCUT2D eigenvalue weighted by Crippen LogP contribution is 2.35. The van der Waals surface area contributed by atoms with Crippen LogP contribution in [0.4, 0.5) is 13.2 Å². The summed E-state index contributed by atoms with van der Waals surface area (Å²) in [6.07, 6.45) is -4.16. The molecule has 4 nitrogen and oxygen atoms in total. The minimum atomic E-state index is -4.75. The third-order valence-electron chi connectivity index (χ3n) is 6.41. The predicted octanol–water partition coefficient (Wildman–Crippen LogP) is 4.85. The van der Waals surface area contributed by atoms with Crippen molar-refractivity contribution in [3.63, 3.8) is 0 Å². The Hall–Kier alpha value is -2.87. The van der Waals surface area contributed by atoms with Crippen LogP contribution >= 0.6 is 0 Å². The number of hydrogen-bond donors (Lipinski definition) is 3. The van der Waals surface area contributed by atoms with Gasteiger partial charge < -0.3 is 20.5 Å². The van der Waals surface area contributed by atoms with E-state index in [-0.39, 0.29) is 42.8 Å². The van der Waals surface area contributed by atoms with Crippen LogP contribution in [0.1, 0.15) is 29.0 Å². The minimum Gasteiger partial charge on any atom is -0.405 e. The van der Waals surface area contributed by atoms with Crippen molar-refractivity contribution >= 4 is 0 Å². The molecule has 3 unspecified atom stereocenters. The molecule has 1 fully saturated rings. The first-order chi connectivity index (χ1) is 16.5. The molecule has 0 radical (unpaired) electrons. The van der Waals surface area contributed by atoms with Gasteiger partial charge in [0.2, 0.25) is 0 Å². The second-order valence-electron chi connectivity index (χ2n) is 8.57. The maximum atomic E-state index is 12.9. The summed E-state index contributed by atoms with van der Waals surface area (Å²) in [5.74, 6) is -0.0442. The molecule has 1 aliphatic rings. The van der Waals surface area contributed by atoms with Crippen LogP contribution in [0.2, 0.25) is 0 Å². The van der Waals surface area contributed by atoms with Crippen LogP contribution in [0.15, 0.2) is 84.9 Å². The number of aliphatic hydroxyl groups excluding tert-OH is 1. The zero-order valence-electron chi connectivity index (χ0n) is 18.7. The molecule has 4 rings (SSSR count). The number of halogens is 3. The first-order valence-corrected chi connectivity index (χ1v) is 11.5. The van der Waals surface area contributed by atoms with Crippen molar-refractivity contribution in [2.45, 2.75) is 37.3 Å². The average molecular weight is 471 g/mol. The third-order valence-corrected chi connectivity index (χ3v) is 6.41. The van der Waals surface area contributed by atoms with Crippen molar-refractivity contribution < 1.29 is 23.0 Å². The highest BCUT2D eigenvalue weighted by Gasteiger charge is 2.41. The van der Waals surface area contributed by atoms with Gasteiger partial charge in [0, 0.05) is 36.7 Å². The molecule has 3 N–H and O–H groups in total. The van der Waals surface area contributed by atoms with Gasteiger partial charge in [-0.05, 0) is 36.1 Å².